The van der Waals surface area contributed by atoms with E-state index in [9.17, 15) is 30.8 Å². The van der Waals surface area contributed by atoms with Crippen LogP contribution in [-0.2, 0) is 20.8 Å². The molecule has 1 rings (SSSR count). The van der Waals surface area contributed by atoms with Gasteiger partial charge in [-0.2, -0.15) is 13.2 Å². The predicted molar refractivity (Wildman–Crippen MR) is 72.3 cm³/mol. The van der Waals surface area contributed by atoms with E-state index >= 15 is 0 Å². The molecule has 0 aliphatic rings. The molecule has 22 heavy (non-hydrogen) atoms. The van der Waals surface area contributed by atoms with Crippen molar-refractivity contribution in [2.24, 2.45) is 5.73 Å². The minimum absolute atomic E-state index is 0.157. The molecule has 1 amide bonds. The number of carbonyl (C=O) groups excluding carboxylic acids is 1. The minimum atomic E-state index is -4.92. The van der Waals surface area contributed by atoms with E-state index in [4.69, 9.17) is 5.73 Å². The molecule has 0 spiro atoms. The highest BCUT2D eigenvalue weighted by molar-refractivity contribution is 7.91. The number of hydrogen-bond donors (Lipinski definition) is 1. The van der Waals surface area contributed by atoms with Crippen LogP contribution >= 0.6 is 0 Å². The monoisotopic (exact) mass is 341 g/mol. The Balaban J connectivity index is 3.15. The fourth-order valence-electron chi connectivity index (χ4n) is 1.89. The summed E-state index contributed by atoms with van der Waals surface area (Å²) in [5.41, 5.74) is 3.45. The maximum atomic E-state index is 13.2. The average Bonchev–Trinajstić information content (AvgIpc) is 2.39. The molecule has 1 unspecified atom stereocenters. The zero-order valence-corrected chi connectivity index (χ0v) is 12.5. The molecule has 124 valence electrons. The Bertz CT molecular complexity index is 656. The van der Waals surface area contributed by atoms with Crippen LogP contribution in [0.3, 0.4) is 0 Å². The maximum absolute atomic E-state index is 13.2. The van der Waals surface area contributed by atoms with Crippen LogP contribution in [-0.4, -0.2) is 25.8 Å². The van der Waals surface area contributed by atoms with Gasteiger partial charge >= 0.3 is 6.18 Å². The van der Waals surface area contributed by atoms with Gasteiger partial charge in [0.1, 0.15) is 15.7 Å². The summed E-state index contributed by atoms with van der Waals surface area (Å²) in [4.78, 5) is 11.4. The molecule has 0 aromatic heterocycles. The number of rotatable bonds is 6. The normalized spacial score (nSPS) is 13.9. The first-order chi connectivity index (χ1) is 9.98. The summed E-state index contributed by atoms with van der Waals surface area (Å²) in [6.07, 6.45) is -5.17. The highest BCUT2D eigenvalue weighted by atomic mass is 32.2. The molecule has 0 bridgehead atoms. The van der Waals surface area contributed by atoms with Gasteiger partial charge < -0.3 is 5.73 Å². The van der Waals surface area contributed by atoms with E-state index in [0.717, 1.165) is 6.07 Å². The number of alkyl halides is 3. The molecule has 0 heterocycles. The molecule has 0 saturated heterocycles. The van der Waals surface area contributed by atoms with Gasteiger partial charge in [-0.05, 0) is 24.1 Å². The molecular weight excluding hydrogens is 326 g/mol. The summed E-state index contributed by atoms with van der Waals surface area (Å²) in [7, 11) is -3.41. The van der Waals surface area contributed by atoms with Crippen molar-refractivity contribution in [1.82, 2.24) is 0 Å². The van der Waals surface area contributed by atoms with Crippen LogP contribution in [0.2, 0.25) is 0 Å². The molecule has 0 saturated carbocycles. The van der Waals surface area contributed by atoms with Gasteiger partial charge in [-0.1, -0.05) is 13.0 Å². The standard InChI is InChI=1S/C13H15F4NO3S/c1-2-22(20,21)6-5-9(12(18)19)8-3-4-11(14)10(7-8)13(15,16)17/h3-4,7,9H,2,5-6H2,1H3,(H2,18,19). The quantitative estimate of drug-likeness (QED) is 0.806. The fourth-order valence-corrected chi connectivity index (χ4v) is 2.78. The van der Waals surface area contributed by atoms with E-state index in [1.807, 2.05) is 0 Å². The lowest BCUT2D eigenvalue weighted by Crippen LogP contribution is -2.25. The van der Waals surface area contributed by atoms with Gasteiger partial charge in [0.25, 0.3) is 0 Å². The third-order valence-corrected chi connectivity index (χ3v) is 4.94. The summed E-state index contributed by atoms with van der Waals surface area (Å²) in [6.45, 7) is 1.41. The predicted octanol–water partition coefficient (Wildman–Crippen LogP) is 2.24. The van der Waals surface area contributed by atoms with Crippen molar-refractivity contribution in [3.8, 4) is 0 Å². The molecule has 4 nitrogen and oxygen atoms in total. The van der Waals surface area contributed by atoms with Crippen molar-refractivity contribution < 1.29 is 30.8 Å². The molecule has 9 heteroatoms. The van der Waals surface area contributed by atoms with E-state index in [0.29, 0.717) is 12.1 Å². The number of amides is 1. The molecular formula is C13H15F4NO3S. The number of benzene rings is 1. The lowest BCUT2D eigenvalue weighted by molar-refractivity contribution is -0.140. The van der Waals surface area contributed by atoms with Crippen LogP contribution in [0, 0.1) is 5.82 Å². The summed E-state index contributed by atoms with van der Waals surface area (Å²) in [5.74, 6) is -4.22. The number of sulfone groups is 1. The van der Waals surface area contributed by atoms with Crippen LogP contribution in [0.25, 0.3) is 0 Å². The number of carbonyl (C=O) groups is 1. The highest BCUT2D eigenvalue weighted by Crippen LogP contribution is 2.34. The van der Waals surface area contributed by atoms with Gasteiger partial charge in [-0.25, -0.2) is 12.8 Å². The number of hydrogen-bond acceptors (Lipinski definition) is 3. The lowest BCUT2D eigenvalue weighted by atomic mass is 9.94. The van der Waals surface area contributed by atoms with Crippen molar-refractivity contribution >= 4 is 15.7 Å². The van der Waals surface area contributed by atoms with Crippen molar-refractivity contribution in [3.05, 3.63) is 35.1 Å². The second-order valence-electron chi connectivity index (χ2n) is 4.72. The van der Waals surface area contributed by atoms with Crippen molar-refractivity contribution in [2.75, 3.05) is 11.5 Å². The zero-order valence-electron chi connectivity index (χ0n) is 11.7. The first-order valence-corrected chi connectivity index (χ1v) is 8.16. The first-order valence-electron chi connectivity index (χ1n) is 6.34. The van der Waals surface area contributed by atoms with Gasteiger partial charge in [0, 0.05) is 5.75 Å². The Morgan fingerprint density at radius 1 is 1.32 bits per heavy atom. The average molecular weight is 341 g/mol. The third-order valence-electron chi connectivity index (χ3n) is 3.20. The molecule has 1 atom stereocenters. The topological polar surface area (TPSA) is 77.2 Å². The molecule has 0 fully saturated rings. The zero-order chi connectivity index (χ0) is 17.1. The summed E-state index contributed by atoms with van der Waals surface area (Å²) in [6, 6.07) is 2.07. The smallest absolute Gasteiger partial charge is 0.369 e. The summed E-state index contributed by atoms with van der Waals surface area (Å²) >= 11 is 0. The van der Waals surface area contributed by atoms with Gasteiger partial charge in [-0.3, -0.25) is 4.79 Å². The second kappa shape index (κ2) is 6.64. The van der Waals surface area contributed by atoms with Gasteiger partial charge in [-0.15, -0.1) is 0 Å². The molecule has 2 N–H and O–H groups in total. The van der Waals surface area contributed by atoms with Crippen LogP contribution in [0.4, 0.5) is 17.6 Å². The van der Waals surface area contributed by atoms with Gasteiger partial charge in [0.2, 0.25) is 5.91 Å². The van der Waals surface area contributed by atoms with Crippen molar-refractivity contribution in [3.63, 3.8) is 0 Å². The molecule has 0 aliphatic heterocycles. The number of nitrogens with two attached hydrogens (primary N) is 1. The third kappa shape index (κ3) is 4.69. The van der Waals surface area contributed by atoms with Crippen LogP contribution in [0.15, 0.2) is 18.2 Å². The number of primary amides is 1. The minimum Gasteiger partial charge on any atom is -0.369 e. The van der Waals surface area contributed by atoms with Crippen LogP contribution in [0.1, 0.15) is 30.4 Å². The Morgan fingerprint density at radius 3 is 2.36 bits per heavy atom. The van der Waals surface area contributed by atoms with E-state index < -0.39 is 45.0 Å². The van der Waals surface area contributed by atoms with Crippen LogP contribution in [0.5, 0.6) is 0 Å². The molecule has 0 aliphatic carbocycles. The van der Waals surface area contributed by atoms with E-state index in [1.54, 1.807) is 0 Å². The van der Waals surface area contributed by atoms with Crippen molar-refractivity contribution in [2.45, 2.75) is 25.4 Å². The van der Waals surface area contributed by atoms with Crippen molar-refractivity contribution in [1.29, 1.82) is 0 Å². The van der Waals surface area contributed by atoms with Gasteiger partial charge in [0.05, 0.1) is 17.2 Å². The Labute approximate surface area is 125 Å². The Morgan fingerprint density at radius 2 is 1.91 bits per heavy atom. The maximum Gasteiger partial charge on any atom is 0.419 e. The van der Waals surface area contributed by atoms with E-state index in [1.165, 1.54) is 6.92 Å². The van der Waals surface area contributed by atoms with E-state index in [2.05, 4.69) is 0 Å². The van der Waals surface area contributed by atoms with Gasteiger partial charge in [0.15, 0.2) is 0 Å². The first kappa shape index (κ1) is 18.4. The Hall–Kier alpha value is -1.64. The van der Waals surface area contributed by atoms with Crippen LogP contribution < -0.4 is 5.73 Å². The summed E-state index contributed by atoms with van der Waals surface area (Å²) in [5, 5.41) is 0. The second-order valence-corrected chi connectivity index (χ2v) is 7.19. The molecule has 1 aromatic carbocycles. The van der Waals surface area contributed by atoms with E-state index in [-0.39, 0.29) is 17.7 Å². The molecule has 1 aromatic rings. The summed E-state index contributed by atoms with van der Waals surface area (Å²) < 4.78 is 74.1. The lowest BCUT2D eigenvalue weighted by Gasteiger charge is -2.16. The highest BCUT2D eigenvalue weighted by Gasteiger charge is 2.35. The molecule has 0 radical (unpaired) electrons. The largest absolute Gasteiger partial charge is 0.419 e. The SMILES string of the molecule is CCS(=O)(=O)CCC(C(N)=O)c1ccc(F)c(C(F)(F)F)c1. The number of halogens is 4. The Kier molecular flexibility index (Phi) is 5.55. The fraction of sp³-hybridized carbons (Fsp3) is 0.462.